The Morgan fingerprint density at radius 1 is 1.33 bits per heavy atom. The predicted octanol–water partition coefficient (Wildman–Crippen LogP) is 3.88. The quantitative estimate of drug-likeness (QED) is 0.721. The molecule has 0 fully saturated rings. The van der Waals surface area contributed by atoms with E-state index >= 15 is 0 Å². The van der Waals surface area contributed by atoms with Crippen molar-refractivity contribution in [3.63, 3.8) is 0 Å². The molecule has 1 aromatic heterocycles. The number of nitrogens with zero attached hydrogens (tertiary/aromatic N) is 2. The van der Waals surface area contributed by atoms with Crippen molar-refractivity contribution in [2.75, 3.05) is 0 Å². The molecule has 2 nitrogen and oxygen atoms in total. The summed E-state index contributed by atoms with van der Waals surface area (Å²) in [7, 11) is 0. The lowest BCUT2D eigenvalue weighted by Crippen LogP contribution is -1.79. The highest BCUT2D eigenvalue weighted by atomic mass is 35.5. The van der Waals surface area contributed by atoms with Gasteiger partial charge < -0.3 is 4.85 Å². The van der Waals surface area contributed by atoms with Crippen LogP contribution in [0.4, 0.5) is 0 Å². The van der Waals surface area contributed by atoms with E-state index in [1.165, 1.54) is 11.3 Å². The Morgan fingerprint density at radius 3 is 2.73 bits per heavy atom. The molecule has 0 atom stereocenters. The molecular formula is C11H7ClN2S. The number of hydrogen-bond acceptors (Lipinski definition) is 2. The Hall–Kier alpha value is -1.37. The lowest BCUT2D eigenvalue weighted by Gasteiger charge is -1.95. The van der Waals surface area contributed by atoms with Gasteiger partial charge in [-0.25, -0.2) is 11.6 Å². The van der Waals surface area contributed by atoms with E-state index in [2.05, 4.69) is 9.83 Å². The maximum Gasteiger partial charge on any atom is 0.265 e. The topological polar surface area (TPSA) is 17.2 Å². The van der Waals surface area contributed by atoms with Crippen molar-refractivity contribution in [3.05, 3.63) is 51.1 Å². The van der Waals surface area contributed by atoms with Gasteiger partial charge in [0.25, 0.3) is 6.54 Å². The van der Waals surface area contributed by atoms with E-state index in [0.29, 0.717) is 6.54 Å². The standard InChI is InChI=1S/C11H7ClN2S/c1-13-6-11-14-10(7-15-11)8-2-4-9(12)5-3-8/h2-5,7H,6H2. The first-order valence-electron chi connectivity index (χ1n) is 4.33. The third kappa shape index (κ3) is 2.35. The fourth-order valence-corrected chi connectivity index (χ4v) is 2.06. The molecule has 74 valence electrons. The SMILES string of the molecule is [C-]#[N+]Cc1nc(-c2ccc(Cl)cc2)cs1. The molecule has 0 radical (unpaired) electrons. The smallest absolute Gasteiger partial charge is 0.265 e. The van der Waals surface area contributed by atoms with Crippen molar-refractivity contribution in [2.45, 2.75) is 6.54 Å². The van der Waals surface area contributed by atoms with Crippen LogP contribution in [-0.4, -0.2) is 4.98 Å². The lowest BCUT2D eigenvalue weighted by atomic mass is 10.2. The van der Waals surface area contributed by atoms with Crippen molar-refractivity contribution in [2.24, 2.45) is 0 Å². The second-order valence-corrected chi connectivity index (χ2v) is 4.33. The predicted molar refractivity (Wildman–Crippen MR) is 62.9 cm³/mol. The molecule has 0 spiro atoms. The zero-order valence-electron chi connectivity index (χ0n) is 7.77. The van der Waals surface area contributed by atoms with Crippen LogP contribution in [0.2, 0.25) is 5.02 Å². The van der Waals surface area contributed by atoms with Crippen molar-refractivity contribution < 1.29 is 0 Å². The fourth-order valence-electron chi connectivity index (χ4n) is 1.20. The molecule has 0 aliphatic rings. The second-order valence-electron chi connectivity index (χ2n) is 2.95. The van der Waals surface area contributed by atoms with Crippen LogP contribution in [0, 0.1) is 6.57 Å². The van der Waals surface area contributed by atoms with Crippen LogP contribution < -0.4 is 0 Å². The summed E-state index contributed by atoms with van der Waals surface area (Å²) in [6, 6.07) is 7.54. The molecule has 0 saturated heterocycles. The number of aromatic nitrogens is 1. The summed E-state index contributed by atoms with van der Waals surface area (Å²) < 4.78 is 0. The molecule has 0 bridgehead atoms. The third-order valence-electron chi connectivity index (χ3n) is 1.91. The summed E-state index contributed by atoms with van der Waals surface area (Å²) in [5.41, 5.74) is 1.95. The molecule has 0 aliphatic heterocycles. The number of rotatable bonds is 2. The van der Waals surface area contributed by atoms with Crippen LogP contribution in [0.25, 0.3) is 16.1 Å². The largest absolute Gasteiger partial charge is 0.309 e. The number of hydrogen-bond donors (Lipinski definition) is 0. The molecule has 2 rings (SSSR count). The summed E-state index contributed by atoms with van der Waals surface area (Å²) in [4.78, 5) is 7.67. The first-order valence-corrected chi connectivity index (χ1v) is 5.59. The fraction of sp³-hybridized carbons (Fsp3) is 0.0909. The third-order valence-corrected chi connectivity index (χ3v) is 2.99. The van der Waals surface area contributed by atoms with Crippen LogP contribution in [0.5, 0.6) is 0 Å². The second kappa shape index (κ2) is 4.43. The highest BCUT2D eigenvalue weighted by Crippen LogP contribution is 2.23. The van der Waals surface area contributed by atoms with Crippen LogP contribution in [-0.2, 0) is 6.54 Å². The average Bonchev–Trinajstić information content (AvgIpc) is 2.68. The molecule has 4 heteroatoms. The van der Waals surface area contributed by atoms with E-state index < -0.39 is 0 Å². The molecular weight excluding hydrogens is 228 g/mol. The van der Waals surface area contributed by atoms with Gasteiger partial charge in [0, 0.05) is 16.0 Å². The lowest BCUT2D eigenvalue weighted by molar-refractivity contribution is 1.19. The van der Waals surface area contributed by atoms with E-state index in [4.69, 9.17) is 18.2 Å². The Balaban J connectivity index is 2.30. The summed E-state index contributed by atoms with van der Waals surface area (Å²) in [5.74, 6) is 0. The maximum atomic E-state index is 6.76. The zero-order chi connectivity index (χ0) is 10.7. The first-order chi connectivity index (χ1) is 7.29. The molecule has 1 aromatic carbocycles. The van der Waals surface area contributed by atoms with Crippen molar-refractivity contribution in [3.8, 4) is 11.3 Å². The van der Waals surface area contributed by atoms with Gasteiger partial charge in [-0.05, 0) is 12.1 Å². The van der Waals surface area contributed by atoms with Crippen LogP contribution in [0.15, 0.2) is 29.6 Å². The van der Waals surface area contributed by atoms with Gasteiger partial charge in [-0.1, -0.05) is 23.7 Å². The van der Waals surface area contributed by atoms with Gasteiger partial charge >= 0.3 is 0 Å². The van der Waals surface area contributed by atoms with Gasteiger partial charge in [-0.2, -0.15) is 0 Å². The van der Waals surface area contributed by atoms with Crippen molar-refractivity contribution >= 4 is 22.9 Å². The summed E-state index contributed by atoms with van der Waals surface area (Å²) >= 11 is 7.31. The summed E-state index contributed by atoms with van der Waals surface area (Å²) in [6.45, 7) is 7.12. The van der Waals surface area contributed by atoms with Gasteiger partial charge in [0.15, 0.2) is 5.01 Å². The Bertz CT molecular complexity index is 496. The van der Waals surface area contributed by atoms with Gasteiger partial charge in [-0.3, -0.25) is 0 Å². The summed E-state index contributed by atoms with van der Waals surface area (Å²) in [6.07, 6.45) is 0. The Kier molecular flexibility index (Phi) is 3.00. The van der Waals surface area contributed by atoms with Gasteiger partial charge in [-0.15, -0.1) is 11.3 Å². The minimum atomic E-state index is 0.359. The first kappa shape index (κ1) is 10.2. The average molecular weight is 235 g/mol. The van der Waals surface area contributed by atoms with E-state index in [-0.39, 0.29) is 0 Å². The number of benzene rings is 1. The number of halogens is 1. The van der Waals surface area contributed by atoms with E-state index in [1.807, 2.05) is 29.6 Å². The molecule has 0 aliphatic carbocycles. The molecule has 1 heterocycles. The minimum Gasteiger partial charge on any atom is -0.309 e. The highest BCUT2D eigenvalue weighted by molar-refractivity contribution is 7.09. The molecule has 0 saturated carbocycles. The van der Waals surface area contributed by atoms with Gasteiger partial charge in [0.1, 0.15) is 0 Å². The van der Waals surface area contributed by atoms with Gasteiger partial charge in [0.05, 0.1) is 5.69 Å². The van der Waals surface area contributed by atoms with Crippen LogP contribution in [0.1, 0.15) is 5.01 Å². The normalized spacial score (nSPS) is 9.87. The van der Waals surface area contributed by atoms with E-state index in [9.17, 15) is 0 Å². The minimum absolute atomic E-state index is 0.359. The summed E-state index contributed by atoms with van der Waals surface area (Å²) in [5, 5.41) is 3.54. The molecule has 0 amide bonds. The molecule has 2 aromatic rings. The van der Waals surface area contributed by atoms with Crippen LogP contribution in [0.3, 0.4) is 0 Å². The molecule has 0 N–H and O–H groups in total. The number of thiazole rings is 1. The molecule has 15 heavy (non-hydrogen) atoms. The monoisotopic (exact) mass is 234 g/mol. The molecule has 0 unspecified atom stereocenters. The van der Waals surface area contributed by atoms with E-state index in [0.717, 1.165) is 21.3 Å². The maximum absolute atomic E-state index is 6.76. The highest BCUT2D eigenvalue weighted by Gasteiger charge is 2.05. The van der Waals surface area contributed by atoms with E-state index in [1.54, 1.807) is 0 Å². The van der Waals surface area contributed by atoms with Crippen molar-refractivity contribution in [1.29, 1.82) is 0 Å². The van der Waals surface area contributed by atoms with Gasteiger partial charge in [0.2, 0.25) is 0 Å². The van der Waals surface area contributed by atoms with Crippen molar-refractivity contribution in [1.82, 2.24) is 4.98 Å². The Labute approximate surface area is 97.0 Å². The van der Waals surface area contributed by atoms with Crippen LogP contribution >= 0.6 is 22.9 Å². The zero-order valence-corrected chi connectivity index (χ0v) is 9.35. The Morgan fingerprint density at radius 2 is 2.07 bits per heavy atom.